The average molecular weight is 450 g/mol. The van der Waals surface area contributed by atoms with E-state index in [2.05, 4.69) is 0 Å². The molecule has 1 aromatic carbocycles. The van der Waals surface area contributed by atoms with Crippen molar-refractivity contribution in [3.63, 3.8) is 0 Å². The van der Waals surface area contributed by atoms with Crippen LogP contribution in [0.25, 0.3) is 22.3 Å². The van der Waals surface area contributed by atoms with Crippen LogP contribution in [0.1, 0.15) is 37.6 Å². The van der Waals surface area contributed by atoms with Crippen LogP contribution >= 0.6 is 0 Å². The number of hydrogen-bond donors (Lipinski definition) is 1. The smallest absolute Gasteiger partial charge is 0.410 e. The molecule has 0 bridgehead atoms. The summed E-state index contributed by atoms with van der Waals surface area (Å²) in [6, 6.07) is 11.4. The largest absolute Gasteiger partial charge is 0.507 e. The second kappa shape index (κ2) is 8.98. The van der Waals surface area contributed by atoms with Crippen LogP contribution in [0.5, 0.6) is 5.75 Å². The van der Waals surface area contributed by atoms with E-state index in [9.17, 15) is 9.90 Å². The van der Waals surface area contributed by atoms with Crippen LogP contribution in [0.4, 0.5) is 4.79 Å². The van der Waals surface area contributed by atoms with Crippen molar-refractivity contribution < 1.29 is 19.4 Å². The third-order valence-electron chi connectivity index (χ3n) is 5.63. The lowest BCUT2D eigenvalue weighted by molar-refractivity contribution is -0.0321. The molecule has 1 saturated heterocycles. The van der Waals surface area contributed by atoms with Gasteiger partial charge in [0, 0.05) is 29.6 Å². The highest BCUT2D eigenvalue weighted by Crippen LogP contribution is 2.33. The van der Waals surface area contributed by atoms with Crippen LogP contribution in [-0.4, -0.2) is 57.5 Å². The van der Waals surface area contributed by atoms with Gasteiger partial charge in [0.05, 0.1) is 24.9 Å². The van der Waals surface area contributed by atoms with E-state index in [0.717, 1.165) is 22.2 Å². The summed E-state index contributed by atoms with van der Waals surface area (Å²) in [5.41, 5.74) is 4.22. The number of phenols is 1. The van der Waals surface area contributed by atoms with Gasteiger partial charge >= 0.3 is 6.09 Å². The van der Waals surface area contributed by atoms with Gasteiger partial charge in [0.25, 0.3) is 0 Å². The first-order valence-corrected chi connectivity index (χ1v) is 11.3. The molecule has 2 aromatic heterocycles. The minimum absolute atomic E-state index is 0.162. The van der Waals surface area contributed by atoms with E-state index >= 15 is 0 Å². The van der Waals surface area contributed by atoms with Gasteiger partial charge in [0.15, 0.2) is 5.65 Å². The summed E-state index contributed by atoms with van der Waals surface area (Å²) >= 11 is 0. The van der Waals surface area contributed by atoms with Crippen molar-refractivity contribution in [2.45, 2.75) is 52.7 Å². The van der Waals surface area contributed by atoms with Crippen molar-refractivity contribution in [2.24, 2.45) is 0 Å². The first kappa shape index (κ1) is 23.0. The Labute approximate surface area is 194 Å². The molecule has 3 heterocycles. The highest BCUT2D eigenvalue weighted by atomic mass is 16.6. The van der Waals surface area contributed by atoms with E-state index in [1.54, 1.807) is 11.0 Å². The predicted molar refractivity (Wildman–Crippen MR) is 127 cm³/mol. The van der Waals surface area contributed by atoms with Crippen LogP contribution < -0.4 is 0 Å². The molecule has 7 heteroatoms. The number of amides is 1. The number of phenolic OH excluding ortho intramolecular Hbond substituents is 1. The Balaban J connectivity index is 1.62. The molecule has 1 N–H and O–H groups in total. The Bertz CT molecular complexity index is 1160. The molecular weight excluding hydrogens is 418 g/mol. The van der Waals surface area contributed by atoms with E-state index in [1.807, 2.05) is 65.0 Å². The van der Waals surface area contributed by atoms with Crippen molar-refractivity contribution >= 4 is 17.1 Å². The molecule has 7 nitrogen and oxygen atoms in total. The number of nitrogens with zero attached hydrogens (tertiary/aromatic N) is 3. The van der Waals surface area contributed by atoms with E-state index < -0.39 is 5.60 Å². The van der Waals surface area contributed by atoms with Crippen LogP contribution in [0.2, 0.25) is 0 Å². The minimum atomic E-state index is -0.554. The Morgan fingerprint density at radius 1 is 1.18 bits per heavy atom. The molecule has 0 saturated carbocycles. The van der Waals surface area contributed by atoms with Crippen molar-refractivity contribution in [2.75, 3.05) is 19.8 Å². The molecule has 0 radical (unpaired) electrons. The van der Waals surface area contributed by atoms with Crippen molar-refractivity contribution in [3.05, 3.63) is 53.2 Å². The molecule has 1 atom stereocenters. The number of aromatic nitrogens is 2. The van der Waals surface area contributed by atoms with Crippen LogP contribution in [0.15, 0.2) is 36.4 Å². The number of fused-ring (bicyclic) bond motifs is 1. The van der Waals surface area contributed by atoms with Crippen molar-refractivity contribution in [1.29, 1.82) is 0 Å². The van der Waals surface area contributed by atoms with Gasteiger partial charge in [-0.25, -0.2) is 14.8 Å². The molecule has 4 rings (SSSR count). The Kier molecular flexibility index (Phi) is 6.26. The van der Waals surface area contributed by atoms with Crippen LogP contribution in [0, 0.1) is 13.8 Å². The summed E-state index contributed by atoms with van der Waals surface area (Å²) in [6.07, 6.45) is 0.206. The van der Waals surface area contributed by atoms with Crippen LogP contribution in [0.3, 0.4) is 0 Å². The number of morpholine rings is 1. The number of pyridine rings is 2. The number of hydrogen-bond acceptors (Lipinski definition) is 6. The number of aromatic hydroxyl groups is 1. The Hall–Kier alpha value is -3.19. The summed E-state index contributed by atoms with van der Waals surface area (Å²) in [7, 11) is 0. The maximum atomic E-state index is 12.7. The second-order valence-corrected chi connectivity index (χ2v) is 9.63. The summed E-state index contributed by atoms with van der Waals surface area (Å²) in [5, 5.41) is 11.4. The van der Waals surface area contributed by atoms with Crippen molar-refractivity contribution in [1.82, 2.24) is 14.9 Å². The van der Waals surface area contributed by atoms with E-state index in [0.29, 0.717) is 43.1 Å². The van der Waals surface area contributed by atoms with E-state index in [1.165, 1.54) is 0 Å². The fraction of sp³-hybridized carbons (Fsp3) is 0.423. The van der Waals surface area contributed by atoms with Gasteiger partial charge in [0.1, 0.15) is 11.4 Å². The third-order valence-corrected chi connectivity index (χ3v) is 5.63. The van der Waals surface area contributed by atoms with Crippen LogP contribution in [-0.2, 0) is 15.9 Å². The number of benzene rings is 1. The first-order valence-electron chi connectivity index (χ1n) is 11.3. The molecule has 1 amide bonds. The summed E-state index contributed by atoms with van der Waals surface area (Å²) < 4.78 is 11.2. The maximum absolute atomic E-state index is 12.7. The molecule has 0 unspecified atom stereocenters. The van der Waals surface area contributed by atoms with Gasteiger partial charge in [-0.1, -0.05) is 6.07 Å². The monoisotopic (exact) mass is 449 g/mol. The van der Waals surface area contributed by atoms with Crippen molar-refractivity contribution in [3.8, 4) is 17.0 Å². The number of rotatable bonds is 3. The van der Waals surface area contributed by atoms with E-state index in [4.69, 9.17) is 19.4 Å². The molecule has 0 spiro atoms. The molecule has 1 fully saturated rings. The molecule has 0 aliphatic carbocycles. The highest BCUT2D eigenvalue weighted by Gasteiger charge is 2.31. The Morgan fingerprint density at radius 2 is 1.94 bits per heavy atom. The maximum Gasteiger partial charge on any atom is 0.410 e. The number of carbonyl (C=O) groups is 1. The SMILES string of the molecule is Cc1cc(C)c(-c2ccc3ccc(C[C@@H]4COCCN4C(=O)OC(C)(C)C)nc3n2)c(O)c1. The predicted octanol–water partition coefficient (Wildman–Crippen LogP) is 4.80. The zero-order valence-electron chi connectivity index (χ0n) is 19.9. The fourth-order valence-corrected chi connectivity index (χ4v) is 4.20. The zero-order chi connectivity index (χ0) is 23.8. The summed E-state index contributed by atoms with van der Waals surface area (Å²) in [4.78, 5) is 24.0. The molecule has 33 heavy (non-hydrogen) atoms. The first-order chi connectivity index (χ1) is 15.6. The van der Waals surface area contributed by atoms with Gasteiger partial charge in [-0.05, 0) is 76.1 Å². The number of ether oxygens (including phenoxy) is 2. The molecule has 1 aliphatic rings. The highest BCUT2D eigenvalue weighted by molar-refractivity contribution is 5.81. The Morgan fingerprint density at radius 3 is 2.67 bits per heavy atom. The number of carbonyl (C=O) groups excluding carboxylic acids is 1. The fourth-order valence-electron chi connectivity index (χ4n) is 4.20. The van der Waals surface area contributed by atoms with E-state index in [-0.39, 0.29) is 17.9 Å². The topological polar surface area (TPSA) is 84.8 Å². The molecule has 1 aliphatic heterocycles. The number of aryl methyl sites for hydroxylation is 2. The normalized spacial score (nSPS) is 16.8. The van der Waals surface area contributed by atoms with Gasteiger partial charge in [-0.2, -0.15) is 0 Å². The lowest BCUT2D eigenvalue weighted by Gasteiger charge is -2.36. The second-order valence-electron chi connectivity index (χ2n) is 9.63. The van der Waals surface area contributed by atoms with Gasteiger partial charge in [-0.3, -0.25) is 0 Å². The quantitative estimate of drug-likeness (QED) is 0.618. The molecular formula is C26H31N3O4. The summed E-state index contributed by atoms with van der Waals surface area (Å²) in [5.74, 6) is 0.211. The summed E-state index contributed by atoms with van der Waals surface area (Å²) in [6.45, 7) is 10.9. The molecule has 3 aromatic rings. The standard InChI is InChI=1S/C26H31N3O4/c1-16-12-17(2)23(22(30)13-16)21-9-7-18-6-8-19(27-24(18)28-21)14-20-15-32-11-10-29(20)25(31)33-26(3,4)5/h6-9,12-13,20,30H,10-11,14-15H2,1-5H3/t20-/m1/s1. The van der Waals surface area contributed by atoms with Gasteiger partial charge in [0.2, 0.25) is 0 Å². The third kappa shape index (κ3) is 5.25. The minimum Gasteiger partial charge on any atom is -0.507 e. The zero-order valence-corrected chi connectivity index (χ0v) is 19.9. The van der Waals surface area contributed by atoms with Gasteiger partial charge in [-0.15, -0.1) is 0 Å². The molecule has 174 valence electrons. The lowest BCUT2D eigenvalue weighted by Crippen LogP contribution is -2.51. The lowest BCUT2D eigenvalue weighted by atomic mass is 10.0. The average Bonchev–Trinajstić information content (AvgIpc) is 2.72. The van der Waals surface area contributed by atoms with Gasteiger partial charge < -0.3 is 19.5 Å².